The second-order valence-corrected chi connectivity index (χ2v) is 4.73. The first-order valence-corrected chi connectivity index (χ1v) is 7.13. The van der Waals surface area contributed by atoms with E-state index in [0.29, 0.717) is 24.4 Å². The fraction of sp³-hybridized carbons (Fsp3) is 0.267. The molecule has 0 heterocycles. The topological polar surface area (TPSA) is 29.5 Å². The van der Waals surface area contributed by atoms with Crippen molar-refractivity contribution in [2.45, 2.75) is 4.90 Å². The van der Waals surface area contributed by atoms with E-state index in [1.54, 1.807) is 42.0 Å². The van der Waals surface area contributed by atoms with Crippen molar-refractivity contribution in [1.29, 1.82) is 0 Å². The molecule has 0 saturated heterocycles. The van der Waals surface area contributed by atoms with Gasteiger partial charge in [-0.3, -0.25) is 4.79 Å². The number of rotatable bonds is 7. The van der Waals surface area contributed by atoms with Gasteiger partial charge in [-0.25, -0.2) is 0 Å². The first-order valence-electron chi connectivity index (χ1n) is 5.91. The predicted molar refractivity (Wildman–Crippen MR) is 81.1 cm³/mol. The standard InChI is InChI=1S/C15H19NO2S/c1-5-9-16(10-6-2)15(17)13-8-7-12(19-4)11-14(13)18-3/h5-8,11H,1-2,9-10H2,3-4H3. The fourth-order valence-electron chi connectivity index (χ4n) is 1.70. The SMILES string of the molecule is C=CCN(CC=C)C(=O)c1ccc(SC)cc1OC. The summed E-state index contributed by atoms with van der Waals surface area (Å²) < 4.78 is 5.30. The molecule has 0 atom stereocenters. The molecule has 0 spiro atoms. The van der Waals surface area contributed by atoms with Crippen LogP contribution in [0.5, 0.6) is 5.75 Å². The van der Waals surface area contributed by atoms with Crippen molar-refractivity contribution in [2.75, 3.05) is 26.5 Å². The first-order chi connectivity index (χ1) is 9.17. The number of benzene rings is 1. The zero-order chi connectivity index (χ0) is 14.3. The van der Waals surface area contributed by atoms with Crippen molar-refractivity contribution in [3.05, 3.63) is 49.1 Å². The van der Waals surface area contributed by atoms with E-state index in [-0.39, 0.29) is 5.91 Å². The molecule has 0 unspecified atom stereocenters. The lowest BCUT2D eigenvalue weighted by atomic mass is 10.1. The van der Waals surface area contributed by atoms with Crippen LogP contribution in [-0.2, 0) is 0 Å². The molecule has 1 amide bonds. The number of thioether (sulfide) groups is 1. The van der Waals surface area contributed by atoms with Crippen molar-refractivity contribution in [2.24, 2.45) is 0 Å². The minimum atomic E-state index is -0.0793. The smallest absolute Gasteiger partial charge is 0.258 e. The highest BCUT2D eigenvalue weighted by molar-refractivity contribution is 7.98. The van der Waals surface area contributed by atoms with Crippen LogP contribution < -0.4 is 4.74 Å². The van der Waals surface area contributed by atoms with Crippen molar-refractivity contribution >= 4 is 17.7 Å². The maximum atomic E-state index is 12.4. The van der Waals surface area contributed by atoms with Gasteiger partial charge in [0.15, 0.2) is 0 Å². The van der Waals surface area contributed by atoms with Crippen LogP contribution in [0.2, 0.25) is 0 Å². The number of carbonyl (C=O) groups excluding carboxylic acids is 1. The van der Waals surface area contributed by atoms with Gasteiger partial charge >= 0.3 is 0 Å². The number of carbonyl (C=O) groups is 1. The molecule has 19 heavy (non-hydrogen) atoms. The number of hydrogen-bond donors (Lipinski definition) is 0. The quantitative estimate of drug-likeness (QED) is 0.566. The van der Waals surface area contributed by atoms with Gasteiger partial charge < -0.3 is 9.64 Å². The third-order valence-electron chi connectivity index (χ3n) is 2.63. The zero-order valence-corrected chi connectivity index (χ0v) is 12.2. The Hall–Kier alpha value is -1.68. The summed E-state index contributed by atoms with van der Waals surface area (Å²) in [4.78, 5) is 15.2. The molecule has 0 saturated carbocycles. The van der Waals surface area contributed by atoms with Crippen LogP contribution in [0.25, 0.3) is 0 Å². The normalized spacial score (nSPS) is 9.79. The highest BCUT2D eigenvalue weighted by atomic mass is 32.2. The van der Waals surface area contributed by atoms with E-state index >= 15 is 0 Å². The van der Waals surface area contributed by atoms with Crippen LogP contribution in [-0.4, -0.2) is 37.3 Å². The summed E-state index contributed by atoms with van der Waals surface area (Å²) in [5.41, 5.74) is 0.559. The molecule has 0 N–H and O–H groups in total. The van der Waals surface area contributed by atoms with Gasteiger partial charge in [0.05, 0.1) is 12.7 Å². The third kappa shape index (κ3) is 3.89. The van der Waals surface area contributed by atoms with Gasteiger partial charge in [0.1, 0.15) is 5.75 Å². The molecular weight excluding hydrogens is 258 g/mol. The van der Waals surface area contributed by atoms with E-state index in [9.17, 15) is 4.79 Å². The summed E-state index contributed by atoms with van der Waals surface area (Å²) in [6.07, 6.45) is 5.38. The largest absolute Gasteiger partial charge is 0.496 e. The maximum Gasteiger partial charge on any atom is 0.258 e. The molecular formula is C15H19NO2S. The summed E-state index contributed by atoms with van der Waals surface area (Å²) in [5, 5.41) is 0. The Bertz CT molecular complexity index is 461. The highest BCUT2D eigenvalue weighted by Gasteiger charge is 2.18. The highest BCUT2D eigenvalue weighted by Crippen LogP contribution is 2.26. The Balaban J connectivity index is 3.08. The minimum Gasteiger partial charge on any atom is -0.496 e. The van der Waals surface area contributed by atoms with Crippen molar-refractivity contribution in [3.63, 3.8) is 0 Å². The average Bonchev–Trinajstić information content (AvgIpc) is 2.45. The van der Waals surface area contributed by atoms with Gasteiger partial charge in [-0.2, -0.15) is 0 Å². The Labute approximate surface area is 118 Å². The number of amides is 1. The van der Waals surface area contributed by atoms with Crippen LogP contribution >= 0.6 is 11.8 Å². The summed E-state index contributed by atoms with van der Waals surface area (Å²) >= 11 is 1.61. The lowest BCUT2D eigenvalue weighted by molar-refractivity contribution is 0.0787. The van der Waals surface area contributed by atoms with Crippen LogP contribution in [0.15, 0.2) is 48.4 Å². The predicted octanol–water partition coefficient (Wildman–Crippen LogP) is 3.23. The van der Waals surface area contributed by atoms with E-state index in [1.807, 2.05) is 18.4 Å². The number of ether oxygens (including phenoxy) is 1. The molecule has 3 nitrogen and oxygen atoms in total. The number of hydrogen-bond acceptors (Lipinski definition) is 3. The van der Waals surface area contributed by atoms with Crippen LogP contribution in [0.3, 0.4) is 0 Å². The van der Waals surface area contributed by atoms with E-state index in [4.69, 9.17) is 4.74 Å². The maximum absolute atomic E-state index is 12.4. The second-order valence-electron chi connectivity index (χ2n) is 3.85. The van der Waals surface area contributed by atoms with Gasteiger partial charge in [-0.1, -0.05) is 12.2 Å². The summed E-state index contributed by atoms with van der Waals surface area (Å²) in [5.74, 6) is 0.513. The lowest BCUT2D eigenvalue weighted by Crippen LogP contribution is -2.31. The van der Waals surface area contributed by atoms with Crippen LogP contribution in [0.1, 0.15) is 10.4 Å². The van der Waals surface area contributed by atoms with Gasteiger partial charge in [0, 0.05) is 18.0 Å². The Morgan fingerprint density at radius 2 is 2.00 bits per heavy atom. The van der Waals surface area contributed by atoms with Crippen LogP contribution in [0.4, 0.5) is 0 Å². The van der Waals surface area contributed by atoms with Crippen molar-refractivity contribution in [3.8, 4) is 5.75 Å². The van der Waals surface area contributed by atoms with E-state index in [2.05, 4.69) is 13.2 Å². The second kappa shape index (κ2) is 7.69. The third-order valence-corrected chi connectivity index (χ3v) is 3.35. The van der Waals surface area contributed by atoms with E-state index in [0.717, 1.165) is 4.90 Å². The van der Waals surface area contributed by atoms with Crippen LogP contribution in [0, 0.1) is 0 Å². The summed E-state index contributed by atoms with van der Waals surface area (Å²) in [7, 11) is 1.57. The van der Waals surface area contributed by atoms with Gasteiger partial charge in [0.2, 0.25) is 0 Å². The first kappa shape index (κ1) is 15.4. The minimum absolute atomic E-state index is 0.0793. The molecule has 0 aliphatic heterocycles. The Kier molecular flexibility index (Phi) is 6.22. The fourth-order valence-corrected chi connectivity index (χ4v) is 2.13. The molecule has 0 aromatic heterocycles. The molecule has 1 aromatic rings. The zero-order valence-electron chi connectivity index (χ0n) is 11.4. The molecule has 0 aliphatic rings. The average molecular weight is 277 g/mol. The monoisotopic (exact) mass is 277 g/mol. The molecule has 4 heteroatoms. The lowest BCUT2D eigenvalue weighted by Gasteiger charge is -2.20. The van der Waals surface area contributed by atoms with E-state index < -0.39 is 0 Å². The molecule has 102 valence electrons. The molecule has 1 aromatic carbocycles. The van der Waals surface area contributed by atoms with Gasteiger partial charge in [0.25, 0.3) is 5.91 Å². The van der Waals surface area contributed by atoms with Crippen molar-refractivity contribution < 1.29 is 9.53 Å². The number of methoxy groups -OCH3 is 1. The Morgan fingerprint density at radius 1 is 1.37 bits per heavy atom. The molecule has 0 bridgehead atoms. The molecule has 1 rings (SSSR count). The molecule has 0 fully saturated rings. The van der Waals surface area contributed by atoms with Crippen molar-refractivity contribution in [1.82, 2.24) is 4.90 Å². The summed E-state index contributed by atoms with van der Waals surface area (Å²) in [6, 6.07) is 5.59. The van der Waals surface area contributed by atoms with Gasteiger partial charge in [-0.15, -0.1) is 24.9 Å². The Morgan fingerprint density at radius 3 is 2.47 bits per heavy atom. The molecule has 0 radical (unpaired) electrons. The molecule has 0 aliphatic carbocycles. The van der Waals surface area contributed by atoms with E-state index in [1.165, 1.54) is 0 Å². The van der Waals surface area contributed by atoms with Gasteiger partial charge in [-0.05, 0) is 24.5 Å². The number of nitrogens with zero attached hydrogens (tertiary/aromatic N) is 1. The summed E-state index contributed by atoms with van der Waals surface area (Å²) in [6.45, 7) is 8.30.